The normalized spacial score (nSPS) is 10.1. The smallest absolute Gasteiger partial charge is 0.311 e. The first-order valence-electron chi connectivity index (χ1n) is 7.63. The van der Waals surface area contributed by atoms with Crippen LogP contribution in [0.25, 0.3) is 0 Å². The Morgan fingerprint density at radius 2 is 1.65 bits per heavy atom. The summed E-state index contributed by atoms with van der Waals surface area (Å²) >= 11 is 0. The van der Waals surface area contributed by atoms with Crippen LogP contribution >= 0.6 is 0 Å². The minimum atomic E-state index is -0.517. The molecule has 0 aliphatic carbocycles. The molecule has 0 aromatic heterocycles. The molecule has 0 unspecified atom stereocenters. The Kier molecular flexibility index (Phi) is 8.34. The molecule has 0 saturated heterocycles. The van der Waals surface area contributed by atoms with Crippen LogP contribution in [0.15, 0.2) is 24.3 Å². The van der Waals surface area contributed by atoms with E-state index in [2.05, 4.69) is 0 Å². The number of benzene rings is 1. The summed E-state index contributed by atoms with van der Waals surface area (Å²) in [5, 5.41) is 10.5. The van der Waals surface area contributed by atoms with Crippen LogP contribution in [-0.4, -0.2) is 23.5 Å². The number of rotatable bonds is 10. The number of nitro groups is 1. The lowest BCUT2D eigenvalue weighted by molar-refractivity contribution is -0.384. The van der Waals surface area contributed by atoms with Gasteiger partial charge in [-0.25, -0.2) is 0 Å². The third kappa shape index (κ3) is 7.94. The van der Waals surface area contributed by atoms with Crippen molar-refractivity contribution in [2.75, 3.05) is 6.61 Å². The number of carbonyl (C=O) groups is 2. The predicted octanol–water partition coefficient (Wildman–Crippen LogP) is 3.40. The fourth-order valence-corrected chi connectivity index (χ4v) is 1.82. The SMILES string of the molecule is CCCOC(=O)CCCCCC(=O)Oc1ccc([N+](=O)[O-])cc1. The fourth-order valence-electron chi connectivity index (χ4n) is 1.82. The van der Waals surface area contributed by atoms with Crippen LogP contribution in [0.4, 0.5) is 5.69 Å². The monoisotopic (exact) mass is 323 g/mol. The van der Waals surface area contributed by atoms with E-state index in [4.69, 9.17) is 9.47 Å². The Morgan fingerprint density at radius 1 is 1.04 bits per heavy atom. The number of non-ortho nitro benzene ring substituents is 1. The molecular weight excluding hydrogens is 302 g/mol. The number of nitrogens with zero attached hydrogens (tertiary/aromatic N) is 1. The molecule has 0 atom stereocenters. The van der Waals surface area contributed by atoms with Crippen molar-refractivity contribution in [2.24, 2.45) is 0 Å². The van der Waals surface area contributed by atoms with Gasteiger partial charge in [-0.05, 0) is 31.4 Å². The van der Waals surface area contributed by atoms with Gasteiger partial charge in [0.15, 0.2) is 0 Å². The van der Waals surface area contributed by atoms with Crippen molar-refractivity contribution >= 4 is 17.6 Å². The molecule has 0 N–H and O–H groups in total. The second kappa shape index (κ2) is 10.3. The molecule has 0 amide bonds. The summed E-state index contributed by atoms with van der Waals surface area (Å²) < 4.78 is 10.0. The van der Waals surface area contributed by atoms with E-state index in [0.717, 1.165) is 12.8 Å². The molecule has 0 fully saturated rings. The number of nitro benzene ring substituents is 1. The zero-order valence-electron chi connectivity index (χ0n) is 13.2. The molecule has 0 aliphatic heterocycles. The van der Waals surface area contributed by atoms with E-state index in [9.17, 15) is 19.7 Å². The molecule has 0 saturated carbocycles. The average molecular weight is 323 g/mol. The van der Waals surface area contributed by atoms with Crippen LogP contribution in [0.2, 0.25) is 0 Å². The van der Waals surface area contributed by atoms with E-state index >= 15 is 0 Å². The Labute approximate surface area is 134 Å². The number of hydrogen-bond acceptors (Lipinski definition) is 6. The number of hydrogen-bond donors (Lipinski definition) is 0. The van der Waals surface area contributed by atoms with Crippen LogP contribution < -0.4 is 4.74 Å². The van der Waals surface area contributed by atoms with Crippen molar-refractivity contribution in [3.8, 4) is 5.75 Å². The topological polar surface area (TPSA) is 95.7 Å². The van der Waals surface area contributed by atoms with Gasteiger partial charge in [0.25, 0.3) is 5.69 Å². The van der Waals surface area contributed by atoms with E-state index in [1.807, 2.05) is 6.92 Å². The van der Waals surface area contributed by atoms with Gasteiger partial charge in [-0.3, -0.25) is 19.7 Å². The van der Waals surface area contributed by atoms with Crippen molar-refractivity contribution in [3.05, 3.63) is 34.4 Å². The van der Waals surface area contributed by atoms with E-state index in [1.165, 1.54) is 24.3 Å². The maximum Gasteiger partial charge on any atom is 0.311 e. The third-order valence-electron chi connectivity index (χ3n) is 3.01. The highest BCUT2D eigenvalue weighted by molar-refractivity contribution is 5.72. The first-order valence-corrected chi connectivity index (χ1v) is 7.63. The zero-order valence-corrected chi connectivity index (χ0v) is 13.2. The molecule has 23 heavy (non-hydrogen) atoms. The fraction of sp³-hybridized carbons (Fsp3) is 0.500. The standard InChI is InChI=1S/C16H21NO6/c1-2-12-22-15(18)6-4-3-5-7-16(19)23-14-10-8-13(9-11-14)17(20)21/h8-11H,2-7,12H2,1H3. The van der Waals surface area contributed by atoms with Gasteiger partial charge in [0.1, 0.15) is 5.75 Å². The van der Waals surface area contributed by atoms with Gasteiger partial charge in [0, 0.05) is 25.0 Å². The first-order chi connectivity index (χ1) is 11.0. The van der Waals surface area contributed by atoms with Crippen molar-refractivity contribution < 1.29 is 24.0 Å². The van der Waals surface area contributed by atoms with Gasteiger partial charge in [-0.1, -0.05) is 13.3 Å². The van der Waals surface area contributed by atoms with E-state index in [1.54, 1.807) is 0 Å². The van der Waals surface area contributed by atoms with Crippen LogP contribution in [0.3, 0.4) is 0 Å². The second-order valence-electron chi connectivity index (χ2n) is 5.01. The van der Waals surface area contributed by atoms with Crippen molar-refractivity contribution in [2.45, 2.75) is 45.4 Å². The molecule has 1 aromatic carbocycles. The highest BCUT2D eigenvalue weighted by atomic mass is 16.6. The van der Waals surface area contributed by atoms with Crippen LogP contribution in [0, 0.1) is 10.1 Å². The van der Waals surface area contributed by atoms with Gasteiger partial charge in [-0.2, -0.15) is 0 Å². The molecule has 7 nitrogen and oxygen atoms in total. The molecule has 0 spiro atoms. The number of unbranched alkanes of at least 4 members (excludes halogenated alkanes) is 2. The van der Waals surface area contributed by atoms with Crippen LogP contribution in [0.5, 0.6) is 5.75 Å². The third-order valence-corrected chi connectivity index (χ3v) is 3.01. The highest BCUT2D eigenvalue weighted by Gasteiger charge is 2.08. The van der Waals surface area contributed by atoms with Gasteiger partial charge in [0.05, 0.1) is 11.5 Å². The molecule has 1 rings (SSSR count). The maximum absolute atomic E-state index is 11.6. The van der Waals surface area contributed by atoms with Gasteiger partial charge in [0.2, 0.25) is 0 Å². The lowest BCUT2D eigenvalue weighted by atomic mass is 10.1. The molecular formula is C16H21NO6. The summed E-state index contributed by atoms with van der Waals surface area (Å²) in [5.74, 6) is -0.323. The molecule has 0 radical (unpaired) electrons. The quantitative estimate of drug-likeness (QED) is 0.215. The molecule has 126 valence electrons. The molecule has 1 aromatic rings. The minimum absolute atomic E-state index is 0.0558. The van der Waals surface area contributed by atoms with Crippen LogP contribution in [-0.2, 0) is 14.3 Å². The van der Waals surface area contributed by atoms with Gasteiger partial charge >= 0.3 is 11.9 Å². The van der Waals surface area contributed by atoms with Crippen LogP contribution in [0.1, 0.15) is 45.4 Å². The van der Waals surface area contributed by atoms with E-state index < -0.39 is 10.9 Å². The number of esters is 2. The van der Waals surface area contributed by atoms with Gasteiger partial charge in [-0.15, -0.1) is 0 Å². The lowest BCUT2D eigenvalue weighted by Crippen LogP contribution is -2.08. The summed E-state index contributed by atoms with van der Waals surface area (Å²) in [4.78, 5) is 32.9. The van der Waals surface area contributed by atoms with Gasteiger partial charge < -0.3 is 9.47 Å². The summed E-state index contributed by atoms with van der Waals surface area (Å²) in [6.07, 6.45) is 3.43. The zero-order chi connectivity index (χ0) is 17.1. The van der Waals surface area contributed by atoms with E-state index in [0.29, 0.717) is 25.9 Å². The average Bonchev–Trinajstić information content (AvgIpc) is 2.53. The summed E-state index contributed by atoms with van der Waals surface area (Å²) in [7, 11) is 0. The van der Waals surface area contributed by atoms with Crippen molar-refractivity contribution in [3.63, 3.8) is 0 Å². The molecule has 0 aliphatic rings. The minimum Gasteiger partial charge on any atom is -0.466 e. The number of carbonyl (C=O) groups excluding carboxylic acids is 2. The Balaban J connectivity index is 2.17. The summed E-state index contributed by atoms with van der Waals surface area (Å²) in [5.41, 5.74) is -0.0558. The Hall–Kier alpha value is -2.44. The summed E-state index contributed by atoms with van der Waals surface area (Å²) in [6, 6.07) is 5.34. The largest absolute Gasteiger partial charge is 0.466 e. The number of ether oxygens (including phenoxy) is 2. The molecule has 0 bridgehead atoms. The van der Waals surface area contributed by atoms with E-state index in [-0.39, 0.29) is 23.8 Å². The molecule has 0 heterocycles. The summed E-state index contributed by atoms with van der Waals surface area (Å²) in [6.45, 7) is 2.38. The Bertz CT molecular complexity index is 526. The predicted molar refractivity (Wildman–Crippen MR) is 83.1 cm³/mol. The molecule has 7 heteroatoms. The maximum atomic E-state index is 11.6. The van der Waals surface area contributed by atoms with Crippen molar-refractivity contribution in [1.82, 2.24) is 0 Å². The van der Waals surface area contributed by atoms with Crippen molar-refractivity contribution in [1.29, 1.82) is 0 Å². The second-order valence-corrected chi connectivity index (χ2v) is 5.01. The Morgan fingerprint density at radius 3 is 2.22 bits per heavy atom. The highest BCUT2D eigenvalue weighted by Crippen LogP contribution is 2.18. The first kappa shape index (κ1) is 18.6. The lowest BCUT2D eigenvalue weighted by Gasteiger charge is -2.04.